The van der Waals surface area contributed by atoms with Crippen molar-refractivity contribution in [3.63, 3.8) is 0 Å². The van der Waals surface area contributed by atoms with E-state index in [-0.39, 0.29) is 0 Å². The van der Waals surface area contributed by atoms with E-state index in [1.807, 2.05) is 13.1 Å². The molecule has 2 heteroatoms. The predicted molar refractivity (Wildman–Crippen MR) is 51.9 cm³/mol. The third-order valence-electron chi connectivity index (χ3n) is 2.01. The van der Waals surface area contributed by atoms with Crippen molar-refractivity contribution in [1.82, 2.24) is 5.32 Å². The lowest BCUT2D eigenvalue weighted by molar-refractivity contribution is 0.556. The predicted octanol–water partition coefficient (Wildman–Crippen LogP) is 1.30. The summed E-state index contributed by atoms with van der Waals surface area (Å²) in [6, 6.07) is 10.8. The molecule has 0 aliphatic carbocycles. The molecule has 0 fully saturated rings. The molecule has 0 saturated carbocycles. The van der Waals surface area contributed by atoms with Gasteiger partial charge in [-0.25, -0.2) is 0 Å². The number of benzene rings is 1. The third-order valence-corrected chi connectivity index (χ3v) is 2.01. The lowest BCUT2D eigenvalue weighted by Gasteiger charge is -2.14. The minimum atomic E-state index is 0.399. The van der Waals surface area contributed by atoms with E-state index in [9.17, 15) is 0 Å². The van der Waals surface area contributed by atoms with Crippen LogP contribution >= 0.6 is 0 Å². The summed E-state index contributed by atoms with van der Waals surface area (Å²) in [5, 5.41) is 3.24. The van der Waals surface area contributed by atoms with Crippen LogP contribution in [0, 0.1) is 0 Å². The summed E-state index contributed by atoms with van der Waals surface area (Å²) in [6.07, 6.45) is 0.987. The highest BCUT2D eigenvalue weighted by Crippen LogP contribution is 2.14. The molecule has 12 heavy (non-hydrogen) atoms. The number of hydrogen-bond acceptors (Lipinski definition) is 2. The Kier molecular flexibility index (Phi) is 3.77. The second-order valence-electron chi connectivity index (χ2n) is 2.83. The minimum absolute atomic E-state index is 0.399. The normalized spacial score (nSPS) is 12.8. The second-order valence-corrected chi connectivity index (χ2v) is 2.83. The van der Waals surface area contributed by atoms with Gasteiger partial charge in [0.2, 0.25) is 0 Å². The number of nitrogens with one attached hydrogen (secondary N) is 1. The van der Waals surface area contributed by atoms with E-state index in [4.69, 9.17) is 5.73 Å². The molecule has 1 aromatic carbocycles. The standard InChI is InChI=1S/C10H16N2/c1-12-10(7-8-11)9-5-3-2-4-6-9/h2-6,10,12H,7-8,11H2,1H3. The van der Waals surface area contributed by atoms with Crippen LogP contribution in [0.15, 0.2) is 30.3 Å². The van der Waals surface area contributed by atoms with Crippen LogP contribution in [-0.2, 0) is 0 Å². The highest BCUT2D eigenvalue weighted by molar-refractivity contribution is 5.18. The van der Waals surface area contributed by atoms with E-state index in [2.05, 4.69) is 29.6 Å². The summed E-state index contributed by atoms with van der Waals surface area (Å²) < 4.78 is 0. The molecule has 0 bridgehead atoms. The smallest absolute Gasteiger partial charge is 0.0329 e. The first-order chi connectivity index (χ1) is 5.88. The van der Waals surface area contributed by atoms with Gasteiger partial charge < -0.3 is 11.1 Å². The lowest BCUT2D eigenvalue weighted by Crippen LogP contribution is -2.19. The molecule has 0 aliphatic heterocycles. The first-order valence-electron chi connectivity index (χ1n) is 4.30. The van der Waals surface area contributed by atoms with E-state index >= 15 is 0 Å². The molecule has 1 atom stereocenters. The number of hydrogen-bond donors (Lipinski definition) is 2. The maximum Gasteiger partial charge on any atom is 0.0329 e. The lowest BCUT2D eigenvalue weighted by atomic mass is 10.0. The Morgan fingerprint density at radius 1 is 1.33 bits per heavy atom. The zero-order chi connectivity index (χ0) is 8.81. The maximum atomic E-state index is 5.50. The van der Waals surface area contributed by atoms with Crippen LogP contribution in [0.5, 0.6) is 0 Å². The van der Waals surface area contributed by atoms with Crippen molar-refractivity contribution in [2.75, 3.05) is 13.6 Å². The van der Waals surface area contributed by atoms with Gasteiger partial charge in [0.15, 0.2) is 0 Å². The zero-order valence-corrected chi connectivity index (χ0v) is 7.46. The molecule has 0 aliphatic rings. The van der Waals surface area contributed by atoms with Crippen molar-refractivity contribution in [3.8, 4) is 0 Å². The quantitative estimate of drug-likeness (QED) is 0.704. The topological polar surface area (TPSA) is 38.0 Å². The van der Waals surface area contributed by atoms with Gasteiger partial charge in [-0.2, -0.15) is 0 Å². The molecule has 0 aromatic heterocycles. The third kappa shape index (κ3) is 2.32. The van der Waals surface area contributed by atoms with Gasteiger partial charge >= 0.3 is 0 Å². The Balaban J connectivity index is 2.66. The summed E-state index contributed by atoms with van der Waals surface area (Å²) >= 11 is 0. The van der Waals surface area contributed by atoms with Crippen LogP contribution in [0.4, 0.5) is 0 Å². The summed E-state index contributed by atoms with van der Waals surface area (Å²) in [6.45, 7) is 0.723. The Hall–Kier alpha value is -0.860. The van der Waals surface area contributed by atoms with Crippen LogP contribution in [0.25, 0.3) is 0 Å². The Morgan fingerprint density at radius 3 is 2.50 bits per heavy atom. The molecule has 1 aromatic rings. The SMILES string of the molecule is CNC(CCN)c1ccccc1. The highest BCUT2D eigenvalue weighted by Gasteiger charge is 2.05. The van der Waals surface area contributed by atoms with Crippen molar-refractivity contribution >= 4 is 0 Å². The van der Waals surface area contributed by atoms with Crippen LogP contribution in [0.1, 0.15) is 18.0 Å². The van der Waals surface area contributed by atoms with Crippen LogP contribution < -0.4 is 11.1 Å². The molecular weight excluding hydrogens is 148 g/mol. The van der Waals surface area contributed by atoms with Crippen molar-refractivity contribution < 1.29 is 0 Å². The maximum absolute atomic E-state index is 5.50. The molecule has 1 unspecified atom stereocenters. The summed E-state index contributed by atoms with van der Waals surface area (Å²) in [7, 11) is 1.97. The van der Waals surface area contributed by atoms with Crippen molar-refractivity contribution in [3.05, 3.63) is 35.9 Å². The summed E-state index contributed by atoms with van der Waals surface area (Å²) in [5.41, 5.74) is 6.81. The fourth-order valence-electron chi connectivity index (χ4n) is 1.33. The minimum Gasteiger partial charge on any atom is -0.330 e. The van der Waals surface area contributed by atoms with Gasteiger partial charge in [-0.15, -0.1) is 0 Å². The Morgan fingerprint density at radius 2 is 2.00 bits per heavy atom. The largest absolute Gasteiger partial charge is 0.330 e. The fourth-order valence-corrected chi connectivity index (χ4v) is 1.33. The molecule has 0 radical (unpaired) electrons. The molecule has 1 rings (SSSR count). The van der Waals surface area contributed by atoms with Crippen molar-refractivity contribution in [2.24, 2.45) is 5.73 Å². The zero-order valence-electron chi connectivity index (χ0n) is 7.46. The van der Waals surface area contributed by atoms with Crippen molar-refractivity contribution in [1.29, 1.82) is 0 Å². The molecule has 3 N–H and O–H groups in total. The first-order valence-corrected chi connectivity index (χ1v) is 4.30. The molecule has 0 saturated heterocycles. The van der Waals surface area contributed by atoms with E-state index in [0.29, 0.717) is 6.04 Å². The molecule has 0 spiro atoms. The molecular formula is C10H16N2. The van der Waals surface area contributed by atoms with E-state index in [1.54, 1.807) is 0 Å². The monoisotopic (exact) mass is 164 g/mol. The molecule has 0 heterocycles. The Bertz CT molecular complexity index is 208. The van der Waals surface area contributed by atoms with E-state index < -0.39 is 0 Å². The second kappa shape index (κ2) is 4.91. The average molecular weight is 164 g/mol. The van der Waals surface area contributed by atoms with Crippen LogP contribution in [0.3, 0.4) is 0 Å². The van der Waals surface area contributed by atoms with Gasteiger partial charge in [-0.3, -0.25) is 0 Å². The summed E-state index contributed by atoms with van der Waals surface area (Å²) in [4.78, 5) is 0. The number of nitrogens with two attached hydrogens (primary N) is 1. The van der Waals surface area contributed by atoms with Gasteiger partial charge in [-0.05, 0) is 25.6 Å². The molecule has 66 valence electrons. The van der Waals surface area contributed by atoms with Crippen molar-refractivity contribution in [2.45, 2.75) is 12.5 Å². The van der Waals surface area contributed by atoms with Crippen LogP contribution in [0.2, 0.25) is 0 Å². The van der Waals surface area contributed by atoms with Crippen LogP contribution in [-0.4, -0.2) is 13.6 Å². The van der Waals surface area contributed by atoms with E-state index in [1.165, 1.54) is 5.56 Å². The molecule has 2 nitrogen and oxygen atoms in total. The highest BCUT2D eigenvalue weighted by atomic mass is 14.9. The molecule has 0 amide bonds. The number of rotatable bonds is 4. The Labute approximate surface area is 73.8 Å². The van der Waals surface area contributed by atoms with Gasteiger partial charge in [0.05, 0.1) is 0 Å². The first kappa shape index (κ1) is 9.23. The van der Waals surface area contributed by atoms with Gasteiger partial charge in [-0.1, -0.05) is 30.3 Å². The fraction of sp³-hybridized carbons (Fsp3) is 0.400. The van der Waals surface area contributed by atoms with Gasteiger partial charge in [0.1, 0.15) is 0 Å². The average Bonchev–Trinajstić information content (AvgIpc) is 2.15. The summed E-state index contributed by atoms with van der Waals surface area (Å²) in [5.74, 6) is 0. The van der Waals surface area contributed by atoms with E-state index in [0.717, 1.165) is 13.0 Å². The van der Waals surface area contributed by atoms with Gasteiger partial charge in [0.25, 0.3) is 0 Å². The van der Waals surface area contributed by atoms with Gasteiger partial charge in [0, 0.05) is 6.04 Å².